The number of aliphatic hydroxyl groups is 1. The van der Waals surface area contributed by atoms with E-state index in [-0.39, 0.29) is 6.61 Å². The van der Waals surface area contributed by atoms with Gasteiger partial charge in [0.1, 0.15) is 0 Å². The van der Waals surface area contributed by atoms with E-state index in [1.807, 2.05) is 0 Å². The summed E-state index contributed by atoms with van der Waals surface area (Å²) in [6.07, 6.45) is 7.59. The molecule has 4 atom stereocenters. The van der Waals surface area contributed by atoms with Gasteiger partial charge in [0, 0.05) is 0 Å². The van der Waals surface area contributed by atoms with E-state index in [4.69, 9.17) is 0 Å². The predicted molar refractivity (Wildman–Crippen MR) is 68.1 cm³/mol. The first kappa shape index (κ1) is 11.9. The van der Waals surface area contributed by atoms with E-state index in [0.717, 1.165) is 17.4 Å². The molecule has 1 nitrogen and oxygen atoms in total. The lowest BCUT2D eigenvalue weighted by molar-refractivity contribution is 0.127. The molecule has 0 heterocycles. The summed E-state index contributed by atoms with van der Waals surface area (Å²) in [5.74, 6) is 2.85. The number of fused-ring (bicyclic) bond motifs is 1. The van der Waals surface area contributed by atoms with Gasteiger partial charge in [-0.15, -0.1) is 0 Å². The van der Waals surface area contributed by atoms with Gasteiger partial charge in [0.05, 0.1) is 6.61 Å². The first-order chi connectivity index (χ1) is 7.63. The van der Waals surface area contributed by atoms with Crippen molar-refractivity contribution in [3.05, 3.63) is 23.8 Å². The molecule has 1 saturated carbocycles. The summed E-state index contributed by atoms with van der Waals surface area (Å²) in [5.41, 5.74) is 2.58. The molecule has 0 spiro atoms. The van der Waals surface area contributed by atoms with Crippen LogP contribution in [0.5, 0.6) is 0 Å². The molecule has 0 aromatic carbocycles. The highest BCUT2D eigenvalue weighted by Gasteiger charge is 2.38. The Morgan fingerprint density at radius 3 is 2.88 bits per heavy atom. The molecule has 2 unspecified atom stereocenters. The van der Waals surface area contributed by atoms with Gasteiger partial charge in [-0.05, 0) is 61.9 Å². The highest BCUT2D eigenvalue weighted by Crippen LogP contribution is 2.47. The molecular formula is C15H24O. The molecular weight excluding hydrogens is 196 g/mol. The molecule has 16 heavy (non-hydrogen) atoms. The highest BCUT2D eigenvalue weighted by atomic mass is 16.3. The third kappa shape index (κ3) is 2.10. The maximum absolute atomic E-state index is 9.29. The van der Waals surface area contributed by atoms with Crippen LogP contribution in [0.3, 0.4) is 0 Å². The molecule has 0 aliphatic heterocycles. The summed E-state index contributed by atoms with van der Waals surface area (Å²) in [6.45, 7) is 8.86. The van der Waals surface area contributed by atoms with Crippen molar-refractivity contribution in [3.8, 4) is 0 Å². The monoisotopic (exact) mass is 220 g/mol. The number of aliphatic hydroxyl groups excluding tert-OH is 1. The molecule has 2 aliphatic rings. The van der Waals surface area contributed by atoms with E-state index < -0.39 is 0 Å². The molecule has 90 valence electrons. The van der Waals surface area contributed by atoms with Gasteiger partial charge in [0.15, 0.2) is 0 Å². The molecule has 0 aromatic heterocycles. The largest absolute Gasteiger partial charge is 0.392 e. The second-order valence-electron chi connectivity index (χ2n) is 5.77. The van der Waals surface area contributed by atoms with Crippen LogP contribution in [0.25, 0.3) is 0 Å². The van der Waals surface area contributed by atoms with E-state index >= 15 is 0 Å². The molecule has 0 bridgehead atoms. The Morgan fingerprint density at radius 2 is 2.19 bits per heavy atom. The Hall–Kier alpha value is -0.560. The zero-order valence-electron chi connectivity index (χ0n) is 10.6. The van der Waals surface area contributed by atoms with Gasteiger partial charge in [-0.1, -0.05) is 25.2 Å². The van der Waals surface area contributed by atoms with E-state index in [9.17, 15) is 5.11 Å². The quantitative estimate of drug-likeness (QED) is 0.706. The van der Waals surface area contributed by atoms with E-state index in [0.29, 0.717) is 11.8 Å². The molecule has 1 fully saturated rings. The van der Waals surface area contributed by atoms with Crippen LogP contribution in [0, 0.1) is 23.7 Å². The minimum Gasteiger partial charge on any atom is -0.392 e. The standard InChI is InChI=1S/C15H24O/c1-10-4-6-13-11(2)5-7-14(12(3)9-16)15(13)8-10/h8,11,13-16H,3-7,9H2,1-2H3/t11-,13?,14-,15?/m0/s1. The minimum atomic E-state index is 0.162. The summed E-state index contributed by atoms with van der Waals surface area (Å²) in [5, 5.41) is 9.29. The Balaban J connectivity index is 2.22. The SMILES string of the molecule is C=C(CO)[C@@H]1CC[C@H](C)C2CCC(C)=CC21. The Kier molecular flexibility index (Phi) is 3.53. The van der Waals surface area contributed by atoms with Gasteiger partial charge in [0.2, 0.25) is 0 Å². The summed E-state index contributed by atoms with van der Waals surface area (Å²) < 4.78 is 0. The Bertz CT molecular complexity index is 303. The van der Waals surface area contributed by atoms with Crippen molar-refractivity contribution in [3.63, 3.8) is 0 Å². The van der Waals surface area contributed by atoms with Crippen LogP contribution >= 0.6 is 0 Å². The lowest BCUT2D eigenvalue weighted by Crippen LogP contribution is -2.35. The zero-order chi connectivity index (χ0) is 11.7. The number of allylic oxidation sites excluding steroid dienone is 2. The van der Waals surface area contributed by atoms with Gasteiger partial charge < -0.3 is 5.11 Å². The minimum absolute atomic E-state index is 0.162. The maximum atomic E-state index is 9.29. The average molecular weight is 220 g/mol. The van der Waals surface area contributed by atoms with Crippen LogP contribution in [-0.2, 0) is 0 Å². The predicted octanol–water partition coefficient (Wildman–Crippen LogP) is 3.55. The fourth-order valence-corrected chi connectivity index (χ4v) is 3.64. The van der Waals surface area contributed by atoms with Crippen LogP contribution in [0.2, 0.25) is 0 Å². The third-order valence-corrected chi connectivity index (χ3v) is 4.70. The van der Waals surface area contributed by atoms with Crippen LogP contribution in [0.4, 0.5) is 0 Å². The first-order valence-corrected chi connectivity index (χ1v) is 6.59. The Morgan fingerprint density at radius 1 is 1.44 bits per heavy atom. The molecule has 2 aliphatic carbocycles. The maximum Gasteiger partial charge on any atom is 0.0642 e. The summed E-state index contributed by atoms with van der Waals surface area (Å²) in [6, 6.07) is 0. The molecule has 0 radical (unpaired) electrons. The normalized spacial score (nSPS) is 38.8. The van der Waals surface area contributed by atoms with E-state index in [1.54, 1.807) is 0 Å². The fraction of sp³-hybridized carbons (Fsp3) is 0.733. The average Bonchev–Trinajstić information content (AvgIpc) is 2.28. The third-order valence-electron chi connectivity index (χ3n) is 4.70. The van der Waals surface area contributed by atoms with E-state index in [1.165, 1.54) is 31.3 Å². The summed E-state index contributed by atoms with van der Waals surface area (Å²) in [4.78, 5) is 0. The van der Waals surface area contributed by atoms with Crippen LogP contribution in [0.15, 0.2) is 23.8 Å². The Labute approximate surface area is 99.3 Å². The van der Waals surface area contributed by atoms with Crippen molar-refractivity contribution in [1.29, 1.82) is 0 Å². The summed E-state index contributed by atoms with van der Waals surface area (Å²) in [7, 11) is 0. The highest BCUT2D eigenvalue weighted by molar-refractivity contribution is 5.16. The van der Waals surface area contributed by atoms with Gasteiger partial charge in [0.25, 0.3) is 0 Å². The smallest absolute Gasteiger partial charge is 0.0642 e. The van der Waals surface area contributed by atoms with Crippen molar-refractivity contribution >= 4 is 0 Å². The van der Waals surface area contributed by atoms with Gasteiger partial charge >= 0.3 is 0 Å². The lowest BCUT2D eigenvalue weighted by Gasteiger charge is -2.44. The number of hydrogen-bond donors (Lipinski definition) is 1. The zero-order valence-corrected chi connectivity index (χ0v) is 10.6. The van der Waals surface area contributed by atoms with Gasteiger partial charge in [-0.3, -0.25) is 0 Å². The topological polar surface area (TPSA) is 20.2 Å². The second kappa shape index (κ2) is 4.75. The van der Waals surface area contributed by atoms with Gasteiger partial charge in [-0.25, -0.2) is 0 Å². The lowest BCUT2D eigenvalue weighted by atomic mass is 9.61. The molecule has 1 heteroatoms. The number of rotatable bonds is 2. The van der Waals surface area contributed by atoms with Crippen LogP contribution < -0.4 is 0 Å². The molecule has 1 N–H and O–H groups in total. The molecule has 0 saturated heterocycles. The first-order valence-electron chi connectivity index (χ1n) is 6.59. The molecule has 0 aromatic rings. The molecule has 2 rings (SSSR count). The van der Waals surface area contributed by atoms with E-state index in [2.05, 4.69) is 26.5 Å². The number of hydrogen-bond acceptors (Lipinski definition) is 1. The second-order valence-corrected chi connectivity index (χ2v) is 5.77. The van der Waals surface area contributed by atoms with Crippen molar-refractivity contribution in [2.24, 2.45) is 23.7 Å². The van der Waals surface area contributed by atoms with Crippen molar-refractivity contribution in [1.82, 2.24) is 0 Å². The summed E-state index contributed by atoms with van der Waals surface area (Å²) >= 11 is 0. The molecule has 0 amide bonds. The van der Waals surface area contributed by atoms with Crippen LogP contribution in [0.1, 0.15) is 39.5 Å². The fourth-order valence-electron chi connectivity index (χ4n) is 3.64. The van der Waals surface area contributed by atoms with Crippen molar-refractivity contribution < 1.29 is 5.11 Å². The van der Waals surface area contributed by atoms with Crippen molar-refractivity contribution in [2.45, 2.75) is 39.5 Å². The van der Waals surface area contributed by atoms with Crippen LogP contribution in [-0.4, -0.2) is 11.7 Å². The van der Waals surface area contributed by atoms with Crippen molar-refractivity contribution in [2.75, 3.05) is 6.61 Å². The van der Waals surface area contributed by atoms with Gasteiger partial charge in [-0.2, -0.15) is 0 Å².